The van der Waals surface area contributed by atoms with Gasteiger partial charge in [-0.1, -0.05) is 11.8 Å². The molecule has 0 aliphatic heterocycles. The van der Waals surface area contributed by atoms with E-state index in [2.05, 4.69) is 0 Å². The largest absolute Gasteiger partial charge is 0.315 e. The van der Waals surface area contributed by atoms with Gasteiger partial charge in [0.15, 0.2) is 5.12 Å². The van der Waals surface area contributed by atoms with Crippen molar-refractivity contribution in [3.8, 4) is 0 Å². The second kappa shape index (κ2) is 6.51. The molecule has 0 saturated carbocycles. The van der Waals surface area contributed by atoms with Crippen molar-refractivity contribution in [2.45, 2.75) is 44.5 Å². The highest BCUT2D eigenvalue weighted by Crippen LogP contribution is 2.41. The Morgan fingerprint density at radius 3 is 2.12 bits per heavy atom. The van der Waals surface area contributed by atoms with Crippen LogP contribution in [-0.4, -0.2) is 29.1 Å². The van der Waals surface area contributed by atoms with Crippen LogP contribution in [0.25, 0.3) is 0 Å². The van der Waals surface area contributed by atoms with Crippen molar-refractivity contribution in [1.82, 2.24) is 0 Å². The van der Waals surface area contributed by atoms with Gasteiger partial charge in [0.05, 0.1) is 6.42 Å². The van der Waals surface area contributed by atoms with Crippen molar-refractivity contribution in [3.63, 3.8) is 0 Å². The van der Waals surface area contributed by atoms with E-state index in [1.807, 2.05) is 0 Å². The first kappa shape index (κ1) is 16.6. The number of alkyl halides is 6. The Kier molecular flexibility index (Phi) is 6.36. The van der Waals surface area contributed by atoms with Crippen LogP contribution in [0.4, 0.5) is 26.3 Å². The summed E-state index contributed by atoms with van der Waals surface area (Å²) in [5, 5.41) is -0.312. The molecule has 0 spiro atoms. The highest BCUT2D eigenvalue weighted by atomic mass is 32.2. The molecule has 0 bridgehead atoms. The van der Waals surface area contributed by atoms with Crippen molar-refractivity contribution in [2.24, 2.45) is 0 Å². The molecule has 1 nitrogen and oxygen atoms in total. The molecule has 0 radical (unpaired) electrons. The maximum atomic E-state index is 12.9. The van der Waals surface area contributed by atoms with Gasteiger partial charge in [0.1, 0.15) is 0 Å². The minimum absolute atomic E-state index is 0.0321. The van der Waals surface area contributed by atoms with Crippen molar-refractivity contribution in [3.05, 3.63) is 0 Å². The van der Waals surface area contributed by atoms with Crippen LogP contribution in [-0.2, 0) is 4.79 Å². The third-order valence-electron chi connectivity index (χ3n) is 1.89. The van der Waals surface area contributed by atoms with Crippen molar-refractivity contribution in [1.29, 1.82) is 0 Å². The molecule has 0 atom stereocenters. The lowest BCUT2D eigenvalue weighted by molar-refractivity contribution is -0.226. The molecule has 0 aromatic carbocycles. The van der Waals surface area contributed by atoms with Crippen LogP contribution in [0.1, 0.15) is 26.2 Å². The van der Waals surface area contributed by atoms with E-state index < -0.39 is 31.1 Å². The van der Waals surface area contributed by atoms with Gasteiger partial charge in [-0.2, -0.15) is 17.6 Å². The molecule has 0 amide bonds. The third kappa shape index (κ3) is 6.18. The number of hydrogen-bond acceptors (Lipinski definition) is 2. The van der Waals surface area contributed by atoms with Crippen LogP contribution < -0.4 is 0 Å². The molecule has 0 aliphatic rings. The molecule has 0 saturated heterocycles. The monoisotopic (exact) mass is 282 g/mol. The quantitative estimate of drug-likeness (QED) is 0.519. The van der Waals surface area contributed by atoms with Gasteiger partial charge < -0.3 is 0 Å². The molecular weight excluding hydrogens is 270 g/mol. The fourth-order valence-electron chi connectivity index (χ4n) is 1.04. The molecule has 0 heterocycles. The highest BCUT2D eigenvalue weighted by Gasteiger charge is 2.56. The molecule has 102 valence electrons. The van der Waals surface area contributed by atoms with E-state index in [1.54, 1.807) is 0 Å². The SMILES string of the molecule is CC(=O)SCCCC(F)(F)C(F)(F)CC(F)F. The number of halogens is 6. The number of hydrogen-bond donors (Lipinski definition) is 0. The minimum atomic E-state index is -4.72. The van der Waals surface area contributed by atoms with Gasteiger partial charge >= 0.3 is 11.8 Å². The number of thioether (sulfide) groups is 1. The molecule has 0 fully saturated rings. The summed E-state index contributed by atoms with van der Waals surface area (Å²) in [4.78, 5) is 10.4. The van der Waals surface area contributed by atoms with Crippen molar-refractivity contribution < 1.29 is 31.1 Å². The van der Waals surface area contributed by atoms with E-state index >= 15 is 0 Å². The fraction of sp³-hybridized carbons (Fsp3) is 0.889. The van der Waals surface area contributed by atoms with Crippen LogP contribution in [0.5, 0.6) is 0 Å². The molecule has 0 aliphatic carbocycles. The summed E-state index contributed by atoms with van der Waals surface area (Å²) in [6.45, 7) is 1.22. The smallest absolute Gasteiger partial charge is 0.288 e. The number of rotatable bonds is 7. The van der Waals surface area contributed by atoms with Crippen LogP contribution in [0.15, 0.2) is 0 Å². The van der Waals surface area contributed by atoms with Crippen LogP contribution >= 0.6 is 11.8 Å². The zero-order chi connectivity index (χ0) is 13.7. The Hall–Kier alpha value is -0.400. The van der Waals surface area contributed by atoms with E-state index in [4.69, 9.17) is 0 Å². The van der Waals surface area contributed by atoms with Crippen LogP contribution in [0.3, 0.4) is 0 Å². The summed E-state index contributed by atoms with van der Waals surface area (Å²) in [6, 6.07) is 0. The Morgan fingerprint density at radius 2 is 1.71 bits per heavy atom. The maximum Gasteiger partial charge on any atom is 0.315 e. The second-order valence-electron chi connectivity index (χ2n) is 3.45. The van der Waals surface area contributed by atoms with Gasteiger partial charge in [-0.25, -0.2) is 8.78 Å². The lowest BCUT2D eigenvalue weighted by Gasteiger charge is -2.26. The molecule has 0 N–H and O–H groups in total. The first-order valence-corrected chi connectivity index (χ1v) is 5.74. The van der Waals surface area contributed by atoms with E-state index in [0.29, 0.717) is 0 Å². The summed E-state index contributed by atoms with van der Waals surface area (Å²) in [5.41, 5.74) is 0. The minimum Gasteiger partial charge on any atom is -0.288 e. The molecular formula is C9H12F6OS. The first-order chi connectivity index (χ1) is 7.58. The average Bonchev–Trinajstić information content (AvgIpc) is 2.09. The zero-order valence-corrected chi connectivity index (χ0v) is 9.81. The van der Waals surface area contributed by atoms with E-state index in [-0.39, 0.29) is 17.3 Å². The van der Waals surface area contributed by atoms with Gasteiger partial charge in [-0.3, -0.25) is 4.79 Å². The Morgan fingerprint density at radius 1 is 1.18 bits per heavy atom. The Labute approximate surface area is 98.9 Å². The third-order valence-corrected chi connectivity index (χ3v) is 2.79. The molecule has 8 heteroatoms. The van der Waals surface area contributed by atoms with Gasteiger partial charge in [0.2, 0.25) is 6.43 Å². The van der Waals surface area contributed by atoms with E-state index in [9.17, 15) is 31.1 Å². The zero-order valence-electron chi connectivity index (χ0n) is 8.99. The fourth-order valence-corrected chi connectivity index (χ4v) is 1.61. The molecule has 0 aromatic heterocycles. The van der Waals surface area contributed by atoms with Gasteiger partial charge in [0.25, 0.3) is 0 Å². The lowest BCUT2D eigenvalue weighted by atomic mass is 10.0. The molecule has 0 aromatic rings. The summed E-state index contributed by atoms with van der Waals surface area (Å²) >= 11 is 0.731. The predicted octanol–water partition coefficient (Wildman–Crippen LogP) is 3.97. The van der Waals surface area contributed by atoms with E-state index in [0.717, 1.165) is 11.8 Å². The van der Waals surface area contributed by atoms with Crippen molar-refractivity contribution >= 4 is 16.9 Å². The highest BCUT2D eigenvalue weighted by molar-refractivity contribution is 8.13. The number of carbonyl (C=O) groups is 1. The standard InChI is InChI=1S/C9H12F6OS/c1-6(16)17-4-2-3-8(12,13)9(14,15)5-7(10)11/h7H,2-5H2,1H3. The normalized spacial score (nSPS) is 13.2. The van der Waals surface area contributed by atoms with Gasteiger partial charge in [0, 0.05) is 19.1 Å². The van der Waals surface area contributed by atoms with Gasteiger partial charge in [-0.05, 0) is 6.42 Å². The average molecular weight is 282 g/mol. The second-order valence-corrected chi connectivity index (χ2v) is 4.72. The maximum absolute atomic E-state index is 12.9. The van der Waals surface area contributed by atoms with Gasteiger partial charge in [-0.15, -0.1) is 0 Å². The predicted molar refractivity (Wildman–Crippen MR) is 52.9 cm³/mol. The topological polar surface area (TPSA) is 17.1 Å². The van der Waals surface area contributed by atoms with Crippen molar-refractivity contribution in [2.75, 3.05) is 5.75 Å². The van der Waals surface area contributed by atoms with Crippen LogP contribution in [0.2, 0.25) is 0 Å². The lowest BCUT2D eigenvalue weighted by Crippen LogP contribution is -2.42. The molecule has 17 heavy (non-hydrogen) atoms. The number of carbonyl (C=O) groups excluding carboxylic acids is 1. The molecule has 0 rings (SSSR count). The Balaban J connectivity index is 4.20. The summed E-state index contributed by atoms with van der Waals surface area (Å²) in [5.74, 6) is -9.22. The van der Waals surface area contributed by atoms with E-state index in [1.165, 1.54) is 6.92 Å². The molecule has 0 unspecified atom stereocenters. The summed E-state index contributed by atoms with van der Waals surface area (Å²) in [7, 11) is 0. The first-order valence-electron chi connectivity index (χ1n) is 4.75. The summed E-state index contributed by atoms with van der Waals surface area (Å²) in [6.07, 6.45) is -7.19. The Bertz CT molecular complexity index is 256. The van der Waals surface area contributed by atoms with Crippen LogP contribution in [0, 0.1) is 0 Å². The summed E-state index contributed by atoms with van der Waals surface area (Å²) < 4.78 is 74.7.